The molecule has 0 saturated carbocycles. The van der Waals surface area contributed by atoms with E-state index in [-0.39, 0.29) is 0 Å². The van der Waals surface area contributed by atoms with Crippen molar-refractivity contribution in [1.29, 1.82) is 0 Å². The van der Waals surface area contributed by atoms with E-state index in [1.165, 1.54) is 50.8 Å². The molecule has 2 heteroatoms. The Bertz CT molecular complexity index is 237. The van der Waals surface area contributed by atoms with Crippen LogP contribution in [0.3, 0.4) is 0 Å². The number of nitrogens with zero attached hydrogens (tertiary/aromatic N) is 1. The molecule has 0 aliphatic carbocycles. The maximum Gasteiger partial charge on any atom is 0.213 e. The topological polar surface area (TPSA) is 12.9 Å². The molecule has 0 N–H and O–H groups in total. The van der Waals surface area contributed by atoms with E-state index in [0.717, 1.165) is 5.56 Å². The lowest BCUT2D eigenvalue weighted by Crippen LogP contribution is -1.79. The van der Waals surface area contributed by atoms with Crippen molar-refractivity contribution in [2.75, 3.05) is 0 Å². The van der Waals surface area contributed by atoms with Crippen LogP contribution in [-0.2, 0) is 0 Å². The fourth-order valence-electron chi connectivity index (χ4n) is 1.35. The molecule has 0 unspecified atom stereocenters. The van der Waals surface area contributed by atoms with E-state index >= 15 is 0 Å². The standard InChI is InChI=1S/C8H18.C6H6FN/c1-3-5-7-8-6-4-2;1-5-2-3-8-6(7)4-5/h3-8H2,1-2H3;2-4H,1H3. The molecule has 1 nitrogen and oxygen atoms in total. The van der Waals surface area contributed by atoms with Gasteiger partial charge in [-0.25, -0.2) is 4.98 Å². The Balaban J connectivity index is 0.000000281. The van der Waals surface area contributed by atoms with Crippen LogP contribution in [0.4, 0.5) is 4.39 Å². The van der Waals surface area contributed by atoms with Crippen LogP contribution in [0, 0.1) is 12.9 Å². The highest BCUT2D eigenvalue weighted by Gasteiger charge is 1.86. The maximum atomic E-state index is 12.1. The molecule has 0 amide bonds. The van der Waals surface area contributed by atoms with Crippen LogP contribution in [0.15, 0.2) is 18.3 Å². The summed E-state index contributed by atoms with van der Waals surface area (Å²) in [6.07, 6.45) is 9.94. The molecule has 16 heavy (non-hydrogen) atoms. The second kappa shape index (κ2) is 10.6. The van der Waals surface area contributed by atoms with Gasteiger partial charge in [0.1, 0.15) is 0 Å². The number of rotatable bonds is 5. The summed E-state index contributed by atoms with van der Waals surface area (Å²) in [5.74, 6) is -0.412. The molecule has 0 saturated heterocycles. The van der Waals surface area contributed by atoms with Crippen LogP contribution in [0.1, 0.15) is 57.9 Å². The molecule has 1 heterocycles. The van der Waals surface area contributed by atoms with Crippen molar-refractivity contribution in [2.45, 2.75) is 59.3 Å². The molecule has 1 rings (SSSR count). The van der Waals surface area contributed by atoms with Gasteiger partial charge in [-0.05, 0) is 24.6 Å². The van der Waals surface area contributed by atoms with Gasteiger partial charge in [0.2, 0.25) is 5.95 Å². The molecule has 0 aromatic carbocycles. The van der Waals surface area contributed by atoms with Crippen LogP contribution in [0.25, 0.3) is 0 Å². The minimum Gasteiger partial charge on any atom is -0.228 e. The molecule has 1 aromatic heterocycles. The maximum absolute atomic E-state index is 12.1. The van der Waals surface area contributed by atoms with Crippen LogP contribution in [0.5, 0.6) is 0 Å². The number of halogens is 1. The zero-order valence-electron chi connectivity index (χ0n) is 10.8. The second-order valence-electron chi connectivity index (χ2n) is 4.07. The molecule has 1 aromatic rings. The Morgan fingerprint density at radius 2 is 1.62 bits per heavy atom. The van der Waals surface area contributed by atoms with E-state index in [1.54, 1.807) is 6.07 Å². The predicted octanol–water partition coefficient (Wildman–Crippen LogP) is 4.90. The number of aromatic nitrogens is 1. The van der Waals surface area contributed by atoms with E-state index in [2.05, 4.69) is 18.8 Å². The van der Waals surface area contributed by atoms with Crippen molar-refractivity contribution in [1.82, 2.24) is 4.98 Å². The van der Waals surface area contributed by atoms with Gasteiger partial charge in [-0.1, -0.05) is 52.4 Å². The van der Waals surface area contributed by atoms with Gasteiger partial charge in [0, 0.05) is 6.20 Å². The lowest BCUT2D eigenvalue weighted by molar-refractivity contribution is 0.582. The van der Waals surface area contributed by atoms with Crippen molar-refractivity contribution in [3.8, 4) is 0 Å². The summed E-state index contributed by atoms with van der Waals surface area (Å²) in [7, 11) is 0. The fraction of sp³-hybridized carbons (Fsp3) is 0.643. The van der Waals surface area contributed by atoms with Crippen molar-refractivity contribution in [2.24, 2.45) is 0 Å². The summed E-state index contributed by atoms with van der Waals surface area (Å²) >= 11 is 0. The van der Waals surface area contributed by atoms with Crippen molar-refractivity contribution in [3.63, 3.8) is 0 Å². The van der Waals surface area contributed by atoms with Crippen molar-refractivity contribution >= 4 is 0 Å². The second-order valence-corrected chi connectivity index (χ2v) is 4.07. The minimum absolute atomic E-state index is 0.412. The monoisotopic (exact) mass is 225 g/mol. The van der Waals surface area contributed by atoms with E-state index in [4.69, 9.17) is 0 Å². The van der Waals surface area contributed by atoms with Gasteiger partial charge in [-0.2, -0.15) is 4.39 Å². The normalized spacial score (nSPS) is 9.50. The Labute approximate surface area is 99.1 Å². The van der Waals surface area contributed by atoms with E-state index in [0.29, 0.717) is 0 Å². The summed E-state index contributed by atoms with van der Waals surface area (Å²) in [4.78, 5) is 3.37. The molecular formula is C14H24FN. The van der Waals surface area contributed by atoms with Crippen LogP contribution < -0.4 is 0 Å². The number of hydrogen-bond acceptors (Lipinski definition) is 1. The lowest BCUT2D eigenvalue weighted by atomic mass is 10.1. The van der Waals surface area contributed by atoms with Crippen molar-refractivity contribution < 1.29 is 4.39 Å². The fourth-order valence-corrected chi connectivity index (χ4v) is 1.35. The first-order valence-corrected chi connectivity index (χ1v) is 6.28. The molecule has 0 radical (unpaired) electrons. The van der Waals surface area contributed by atoms with Gasteiger partial charge < -0.3 is 0 Å². The minimum atomic E-state index is -0.412. The van der Waals surface area contributed by atoms with Gasteiger partial charge in [0.05, 0.1) is 0 Å². The van der Waals surface area contributed by atoms with Gasteiger partial charge in [0.15, 0.2) is 0 Å². The first kappa shape index (κ1) is 15.1. The number of pyridine rings is 1. The van der Waals surface area contributed by atoms with Crippen molar-refractivity contribution in [3.05, 3.63) is 29.8 Å². The number of hydrogen-bond donors (Lipinski definition) is 0. The number of aryl methyl sites for hydroxylation is 1. The molecule has 0 aliphatic heterocycles. The summed E-state index contributed by atoms with van der Waals surface area (Å²) in [6, 6.07) is 3.14. The summed E-state index contributed by atoms with van der Waals surface area (Å²) in [5, 5.41) is 0. The Morgan fingerprint density at radius 3 is 1.94 bits per heavy atom. The quantitative estimate of drug-likeness (QED) is 0.513. The van der Waals surface area contributed by atoms with Crippen LogP contribution in [-0.4, -0.2) is 4.98 Å². The molecule has 0 atom stereocenters. The van der Waals surface area contributed by atoms with Gasteiger partial charge >= 0.3 is 0 Å². The van der Waals surface area contributed by atoms with E-state index in [9.17, 15) is 4.39 Å². The highest BCUT2D eigenvalue weighted by atomic mass is 19.1. The zero-order chi connectivity index (χ0) is 12.2. The Morgan fingerprint density at radius 1 is 1.06 bits per heavy atom. The van der Waals surface area contributed by atoms with Gasteiger partial charge in [0.25, 0.3) is 0 Å². The summed E-state index contributed by atoms with van der Waals surface area (Å²) in [5.41, 5.74) is 0.900. The van der Waals surface area contributed by atoms with E-state index < -0.39 is 5.95 Å². The van der Waals surface area contributed by atoms with Crippen LogP contribution in [0.2, 0.25) is 0 Å². The predicted molar refractivity (Wildman–Crippen MR) is 68.0 cm³/mol. The van der Waals surface area contributed by atoms with Gasteiger partial charge in [-0.15, -0.1) is 0 Å². The van der Waals surface area contributed by atoms with E-state index in [1.807, 2.05) is 6.92 Å². The lowest BCUT2D eigenvalue weighted by Gasteiger charge is -1.93. The summed E-state index contributed by atoms with van der Waals surface area (Å²) in [6.45, 7) is 6.34. The smallest absolute Gasteiger partial charge is 0.213 e. The average molecular weight is 225 g/mol. The Hall–Kier alpha value is -0.920. The zero-order valence-corrected chi connectivity index (χ0v) is 10.8. The first-order valence-electron chi connectivity index (χ1n) is 6.28. The Kier molecular flexibility index (Phi) is 9.98. The molecule has 0 bridgehead atoms. The molecule has 0 fully saturated rings. The molecule has 0 aliphatic rings. The average Bonchev–Trinajstić information content (AvgIpc) is 2.25. The molecular weight excluding hydrogens is 201 g/mol. The third-order valence-electron chi connectivity index (χ3n) is 2.34. The molecule has 92 valence electrons. The van der Waals surface area contributed by atoms with Gasteiger partial charge in [-0.3, -0.25) is 0 Å². The third kappa shape index (κ3) is 9.63. The largest absolute Gasteiger partial charge is 0.228 e. The summed E-state index contributed by atoms with van der Waals surface area (Å²) < 4.78 is 12.1. The SMILES string of the molecule is CCCCCCCC.Cc1ccnc(F)c1. The third-order valence-corrected chi connectivity index (χ3v) is 2.34. The molecule has 0 spiro atoms. The number of unbranched alkanes of at least 4 members (excludes halogenated alkanes) is 5. The highest BCUT2D eigenvalue weighted by Crippen LogP contribution is 2.03. The highest BCUT2D eigenvalue weighted by molar-refractivity contribution is 5.07. The van der Waals surface area contributed by atoms with Crippen LogP contribution >= 0.6 is 0 Å². The first-order chi connectivity index (χ1) is 7.70.